The number of aromatic nitrogens is 6. The number of nitrogens with zero attached hydrogens (tertiary/aromatic N) is 6. The van der Waals surface area contributed by atoms with Gasteiger partial charge in [0, 0.05) is 41.2 Å². The van der Waals surface area contributed by atoms with Crippen LogP contribution in [0, 0.1) is 0 Å². The molecule has 4 heterocycles. The predicted octanol–water partition coefficient (Wildman–Crippen LogP) is 4.87. The summed E-state index contributed by atoms with van der Waals surface area (Å²) in [5.41, 5.74) is 1.98. The maximum Gasteiger partial charge on any atom is 0.433 e. The topological polar surface area (TPSA) is 85.9 Å². The van der Waals surface area contributed by atoms with E-state index < -0.39 is 17.4 Å². The van der Waals surface area contributed by atoms with Crippen molar-refractivity contribution in [1.29, 1.82) is 0 Å². The van der Waals surface area contributed by atoms with Gasteiger partial charge in [-0.05, 0) is 47.0 Å². The quantitative estimate of drug-likeness (QED) is 0.354. The average molecular weight is 495 g/mol. The minimum atomic E-state index is -4.55. The lowest BCUT2D eigenvalue weighted by Gasteiger charge is -2.13. The van der Waals surface area contributed by atoms with Crippen LogP contribution >= 0.6 is 11.6 Å². The zero-order chi connectivity index (χ0) is 24.6. The van der Waals surface area contributed by atoms with E-state index in [0.717, 1.165) is 27.9 Å². The molecule has 0 bridgehead atoms. The molecule has 0 saturated heterocycles. The van der Waals surface area contributed by atoms with Gasteiger partial charge in [0.25, 0.3) is 5.56 Å². The number of alkyl halides is 3. The van der Waals surface area contributed by atoms with Gasteiger partial charge in [-0.2, -0.15) is 22.8 Å². The molecule has 0 unspecified atom stereocenters. The van der Waals surface area contributed by atoms with Crippen molar-refractivity contribution in [2.75, 3.05) is 0 Å². The summed E-state index contributed by atoms with van der Waals surface area (Å²) in [6, 6.07) is 12.8. The number of rotatable bonds is 4. The molecule has 0 radical (unpaired) electrons. The smallest absolute Gasteiger partial charge is 0.265 e. The summed E-state index contributed by atoms with van der Waals surface area (Å²) in [5.74, 6) is 0. The minimum absolute atomic E-state index is 0.0245. The van der Waals surface area contributed by atoms with Crippen molar-refractivity contribution in [3.63, 3.8) is 0 Å². The lowest BCUT2D eigenvalue weighted by molar-refractivity contribution is -0.141. The molecule has 35 heavy (non-hydrogen) atoms. The highest BCUT2D eigenvalue weighted by Gasteiger charge is 2.32. The van der Waals surface area contributed by atoms with E-state index in [0.29, 0.717) is 21.7 Å². The van der Waals surface area contributed by atoms with Crippen LogP contribution in [0.4, 0.5) is 13.2 Å². The molecule has 0 N–H and O–H groups in total. The average Bonchev–Trinajstić information content (AvgIpc) is 2.86. The molecule has 0 aliphatic rings. The van der Waals surface area contributed by atoms with Crippen molar-refractivity contribution in [3.05, 3.63) is 106 Å². The van der Waals surface area contributed by atoms with E-state index >= 15 is 0 Å². The second-order valence-corrected chi connectivity index (χ2v) is 8.03. The highest BCUT2D eigenvalue weighted by molar-refractivity contribution is 6.30. The lowest BCUT2D eigenvalue weighted by Crippen LogP contribution is -2.24. The van der Waals surface area contributed by atoms with Crippen molar-refractivity contribution in [3.8, 4) is 22.3 Å². The van der Waals surface area contributed by atoms with Crippen molar-refractivity contribution in [1.82, 2.24) is 29.8 Å². The summed E-state index contributed by atoms with van der Waals surface area (Å²) >= 11 is 6.03. The van der Waals surface area contributed by atoms with Crippen molar-refractivity contribution in [2.24, 2.45) is 0 Å². The Morgan fingerprint density at radius 2 is 1.63 bits per heavy atom. The van der Waals surface area contributed by atoms with E-state index in [1.54, 1.807) is 42.9 Å². The number of halogens is 4. The van der Waals surface area contributed by atoms with Gasteiger partial charge in [-0.1, -0.05) is 29.8 Å². The van der Waals surface area contributed by atoms with E-state index in [9.17, 15) is 18.0 Å². The predicted molar refractivity (Wildman–Crippen MR) is 123 cm³/mol. The molecule has 0 fully saturated rings. The van der Waals surface area contributed by atoms with Gasteiger partial charge >= 0.3 is 6.18 Å². The van der Waals surface area contributed by atoms with Gasteiger partial charge in [-0.3, -0.25) is 14.8 Å². The maximum atomic E-state index is 13.2. The molecule has 7 nitrogen and oxygen atoms in total. The summed E-state index contributed by atoms with van der Waals surface area (Å²) < 4.78 is 39.5. The van der Waals surface area contributed by atoms with Crippen molar-refractivity contribution in [2.45, 2.75) is 12.6 Å². The number of hydrogen-bond donors (Lipinski definition) is 0. The maximum absolute atomic E-state index is 13.2. The van der Waals surface area contributed by atoms with Gasteiger partial charge in [0.2, 0.25) is 0 Å². The summed E-state index contributed by atoms with van der Waals surface area (Å²) in [6.45, 7) is 0. The van der Waals surface area contributed by atoms with Crippen LogP contribution in [0.25, 0.3) is 27.9 Å². The number of hydrogen-bond acceptors (Lipinski definition) is 6. The van der Waals surface area contributed by atoms with Crippen molar-refractivity contribution < 1.29 is 13.2 Å². The zero-order valence-corrected chi connectivity index (χ0v) is 18.5. The summed E-state index contributed by atoms with van der Waals surface area (Å²) in [6.07, 6.45) is 1.27. The fraction of sp³-hybridized carbons (Fsp3) is 0.0833. The highest BCUT2D eigenvalue weighted by atomic mass is 35.5. The van der Waals surface area contributed by atoms with Crippen LogP contribution in [-0.4, -0.2) is 29.8 Å². The van der Waals surface area contributed by atoms with Gasteiger partial charge < -0.3 is 0 Å². The van der Waals surface area contributed by atoms with Crippen LogP contribution in [0.15, 0.2) is 78.1 Å². The van der Waals surface area contributed by atoms with Gasteiger partial charge in [-0.25, -0.2) is 0 Å². The second-order valence-electron chi connectivity index (χ2n) is 7.59. The first-order valence-corrected chi connectivity index (χ1v) is 10.6. The van der Waals surface area contributed by atoms with Gasteiger partial charge in [0.15, 0.2) is 5.65 Å². The molecule has 0 aliphatic carbocycles. The molecule has 0 saturated carbocycles. The summed E-state index contributed by atoms with van der Waals surface area (Å²) in [4.78, 5) is 20.7. The Morgan fingerprint density at radius 1 is 0.886 bits per heavy atom. The van der Waals surface area contributed by atoms with E-state index in [1.807, 2.05) is 12.1 Å². The fourth-order valence-corrected chi connectivity index (χ4v) is 3.75. The van der Waals surface area contributed by atoms with Crippen LogP contribution in [0.1, 0.15) is 17.0 Å². The largest absolute Gasteiger partial charge is 0.433 e. The molecule has 4 aromatic heterocycles. The SMILES string of the molecule is O=c1c(Cc2ccc(C(F)(F)F)nc2)nnc2c(-c3ccncc3)c(-c3ccc(Cl)cc3)cnn12. The molecule has 0 atom stereocenters. The van der Waals surface area contributed by atoms with Gasteiger partial charge in [-0.15, -0.1) is 10.2 Å². The molecule has 5 rings (SSSR count). The normalized spacial score (nSPS) is 11.7. The molecule has 5 aromatic rings. The van der Waals surface area contributed by atoms with Crippen LogP contribution in [0.2, 0.25) is 5.02 Å². The van der Waals surface area contributed by atoms with Crippen LogP contribution in [-0.2, 0) is 12.6 Å². The third-order valence-corrected chi connectivity index (χ3v) is 5.56. The van der Waals surface area contributed by atoms with Crippen molar-refractivity contribution >= 4 is 17.2 Å². The lowest BCUT2D eigenvalue weighted by atomic mass is 9.97. The van der Waals surface area contributed by atoms with E-state index in [1.165, 1.54) is 6.07 Å². The van der Waals surface area contributed by atoms with E-state index in [4.69, 9.17) is 11.6 Å². The second kappa shape index (κ2) is 8.88. The third kappa shape index (κ3) is 4.47. The molecular weight excluding hydrogens is 481 g/mol. The van der Waals surface area contributed by atoms with E-state index in [2.05, 4.69) is 25.3 Å². The van der Waals surface area contributed by atoms with Crippen LogP contribution < -0.4 is 5.56 Å². The van der Waals surface area contributed by atoms with Gasteiger partial charge in [0.05, 0.1) is 6.20 Å². The Balaban J connectivity index is 1.63. The third-order valence-electron chi connectivity index (χ3n) is 5.31. The van der Waals surface area contributed by atoms with Gasteiger partial charge in [0.1, 0.15) is 11.4 Å². The van der Waals surface area contributed by atoms with Crippen LogP contribution in [0.3, 0.4) is 0 Å². The first-order valence-electron chi connectivity index (χ1n) is 10.3. The minimum Gasteiger partial charge on any atom is -0.265 e. The monoisotopic (exact) mass is 494 g/mol. The standard InChI is InChI=1S/C24H14ClF3N6O/c25-17-4-2-15(3-5-17)18-13-31-34-22(21(18)16-7-9-29-10-8-16)33-32-19(23(34)35)11-14-1-6-20(30-12-14)24(26,27)28/h1-10,12-13H,11H2. The van der Waals surface area contributed by atoms with E-state index in [-0.39, 0.29) is 17.8 Å². The Kier molecular flexibility index (Phi) is 5.73. The molecule has 0 aliphatic heterocycles. The number of pyridine rings is 2. The zero-order valence-electron chi connectivity index (χ0n) is 17.7. The molecule has 11 heteroatoms. The first kappa shape index (κ1) is 22.6. The summed E-state index contributed by atoms with van der Waals surface area (Å²) in [5, 5.41) is 13.3. The number of fused-ring (bicyclic) bond motifs is 1. The highest BCUT2D eigenvalue weighted by Crippen LogP contribution is 2.34. The Bertz CT molecular complexity index is 1570. The first-order chi connectivity index (χ1) is 16.8. The Morgan fingerprint density at radius 3 is 2.29 bits per heavy atom. The Labute approximate surface area is 200 Å². The summed E-state index contributed by atoms with van der Waals surface area (Å²) in [7, 11) is 0. The molecule has 1 aromatic carbocycles. The molecule has 174 valence electrons. The van der Waals surface area contributed by atoms with Crippen LogP contribution in [0.5, 0.6) is 0 Å². The molecule has 0 spiro atoms. The molecular formula is C24H14ClF3N6O. The fourth-order valence-electron chi connectivity index (χ4n) is 3.63. The Hall–Kier alpha value is -4.18. The molecule has 0 amide bonds. The number of benzene rings is 1.